The van der Waals surface area contributed by atoms with Gasteiger partial charge < -0.3 is 10.1 Å². The van der Waals surface area contributed by atoms with Gasteiger partial charge in [0, 0.05) is 12.8 Å². The number of nitrogens with one attached hydrogen (secondary N) is 1. The fourth-order valence-electron chi connectivity index (χ4n) is 3.05. The van der Waals surface area contributed by atoms with Crippen LogP contribution < -0.4 is 5.32 Å². The molecule has 0 amide bonds. The van der Waals surface area contributed by atoms with E-state index in [1.54, 1.807) is 0 Å². The van der Waals surface area contributed by atoms with Crippen molar-refractivity contribution in [3.05, 3.63) is 0 Å². The van der Waals surface area contributed by atoms with Crippen LogP contribution in [0, 0.1) is 11.3 Å². The number of ether oxygens (including phenoxy) is 1. The van der Waals surface area contributed by atoms with Gasteiger partial charge in [0.25, 0.3) is 0 Å². The SMILES string of the molecule is COC(=O)C1(C2CCNCC2)CC(F)(F)C1. The van der Waals surface area contributed by atoms with Crippen LogP contribution in [0.2, 0.25) is 0 Å². The van der Waals surface area contributed by atoms with Gasteiger partial charge in [0.1, 0.15) is 0 Å². The molecule has 5 heteroatoms. The molecular formula is C11H17F2NO2. The Morgan fingerprint density at radius 1 is 1.31 bits per heavy atom. The summed E-state index contributed by atoms with van der Waals surface area (Å²) in [5.74, 6) is -3.09. The van der Waals surface area contributed by atoms with Crippen molar-refractivity contribution in [2.24, 2.45) is 11.3 Å². The first kappa shape index (κ1) is 11.8. The van der Waals surface area contributed by atoms with Crippen LogP contribution in [0.5, 0.6) is 0 Å². The Labute approximate surface area is 93.5 Å². The number of halogens is 2. The van der Waals surface area contributed by atoms with E-state index >= 15 is 0 Å². The summed E-state index contributed by atoms with van der Waals surface area (Å²) >= 11 is 0. The second-order valence-corrected chi connectivity index (χ2v) is 4.88. The molecule has 0 radical (unpaired) electrons. The standard InChI is InChI=1S/C11H17F2NO2/c1-16-9(15)10(6-11(12,13)7-10)8-2-4-14-5-3-8/h8,14H,2-7H2,1H3. The molecule has 0 unspecified atom stereocenters. The lowest BCUT2D eigenvalue weighted by Gasteiger charge is -2.50. The lowest BCUT2D eigenvalue weighted by atomic mass is 9.57. The zero-order chi connectivity index (χ0) is 11.8. The first-order chi connectivity index (χ1) is 7.50. The van der Waals surface area contributed by atoms with E-state index in [1.807, 2.05) is 0 Å². The lowest BCUT2D eigenvalue weighted by molar-refractivity contribution is -0.211. The number of methoxy groups -OCH3 is 1. The highest BCUT2D eigenvalue weighted by Crippen LogP contribution is 2.58. The third-order valence-electron chi connectivity index (χ3n) is 3.86. The molecule has 0 aromatic carbocycles. The first-order valence-electron chi connectivity index (χ1n) is 5.67. The fraction of sp³-hybridized carbons (Fsp3) is 0.909. The molecule has 92 valence electrons. The average molecular weight is 233 g/mol. The molecule has 0 bridgehead atoms. The number of piperidine rings is 1. The van der Waals surface area contributed by atoms with E-state index in [-0.39, 0.29) is 18.8 Å². The van der Waals surface area contributed by atoms with Gasteiger partial charge >= 0.3 is 5.97 Å². The molecule has 0 spiro atoms. The van der Waals surface area contributed by atoms with Crippen molar-refractivity contribution in [1.29, 1.82) is 0 Å². The minimum absolute atomic E-state index is 0.0424. The predicted molar refractivity (Wildman–Crippen MR) is 54.2 cm³/mol. The summed E-state index contributed by atoms with van der Waals surface area (Å²) < 4.78 is 30.8. The normalized spacial score (nSPS) is 28.2. The van der Waals surface area contributed by atoms with Crippen molar-refractivity contribution in [2.45, 2.75) is 31.6 Å². The van der Waals surface area contributed by atoms with Crippen LogP contribution in [0.25, 0.3) is 0 Å². The molecule has 0 aromatic rings. The Balaban J connectivity index is 2.12. The zero-order valence-corrected chi connectivity index (χ0v) is 9.39. The Kier molecular flexibility index (Phi) is 2.90. The first-order valence-corrected chi connectivity index (χ1v) is 5.67. The average Bonchev–Trinajstić information content (AvgIpc) is 2.25. The molecule has 0 atom stereocenters. The number of hydrogen-bond acceptors (Lipinski definition) is 3. The van der Waals surface area contributed by atoms with Crippen LogP contribution in [0.4, 0.5) is 8.78 Å². The third-order valence-corrected chi connectivity index (χ3v) is 3.86. The van der Waals surface area contributed by atoms with Gasteiger partial charge in [-0.1, -0.05) is 0 Å². The van der Waals surface area contributed by atoms with E-state index < -0.39 is 17.3 Å². The summed E-state index contributed by atoms with van der Waals surface area (Å²) in [6.07, 6.45) is 0.894. The van der Waals surface area contributed by atoms with Crippen LogP contribution >= 0.6 is 0 Å². The van der Waals surface area contributed by atoms with Crippen molar-refractivity contribution in [3.8, 4) is 0 Å². The second kappa shape index (κ2) is 3.95. The van der Waals surface area contributed by atoms with Gasteiger partial charge in [-0.05, 0) is 31.8 Å². The number of esters is 1. The van der Waals surface area contributed by atoms with E-state index in [1.165, 1.54) is 7.11 Å². The molecule has 2 rings (SSSR count). The summed E-state index contributed by atoms with van der Waals surface area (Å²) in [5, 5.41) is 3.17. The zero-order valence-electron chi connectivity index (χ0n) is 9.39. The van der Waals surface area contributed by atoms with E-state index in [0.717, 1.165) is 25.9 Å². The number of hydrogen-bond donors (Lipinski definition) is 1. The van der Waals surface area contributed by atoms with E-state index in [0.29, 0.717) is 0 Å². The van der Waals surface area contributed by atoms with Crippen LogP contribution in [0.15, 0.2) is 0 Å². The van der Waals surface area contributed by atoms with E-state index in [4.69, 9.17) is 4.74 Å². The molecule has 1 saturated heterocycles. The highest BCUT2D eigenvalue weighted by atomic mass is 19.3. The lowest BCUT2D eigenvalue weighted by Crippen LogP contribution is -2.57. The van der Waals surface area contributed by atoms with Gasteiger partial charge in [0.15, 0.2) is 0 Å². The number of rotatable bonds is 2. The minimum atomic E-state index is -2.68. The maximum Gasteiger partial charge on any atom is 0.312 e. The molecule has 1 heterocycles. The van der Waals surface area contributed by atoms with E-state index in [2.05, 4.69) is 5.32 Å². The monoisotopic (exact) mass is 233 g/mol. The summed E-state index contributed by atoms with van der Waals surface area (Å²) in [7, 11) is 1.28. The molecule has 1 aliphatic heterocycles. The quantitative estimate of drug-likeness (QED) is 0.736. The van der Waals surface area contributed by atoms with E-state index in [9.17, 15) is 13.6 Å². The van der Waals surface area contributed by atoms with Crippen molar-refractivity contribution in [1.82, 2.24) is 5.32 Å². The smallest absolute Gasteiger partial charge is 0.312 e. The molecule has 1 aliphatic carbocycles. The molecule has 2 aliphatic rings. The largest absolute Gasteiger partial charge is 0.469 e. The van der Waals surface area contributed by atoms with Gasteiger partial charge in [-0.25, -0.2) is 8.78 Å². The highest BCUT2D eigenvalue weighted by molar-refractivity contribution is 5.78. The van der Waals surface area contributed by atoms with Crippen LogP contribution in [-0.4, -0.2) is 32.1 Å². The van der Waals surface area contributed by atoms with Gasteiger partial charge in [-0.2, -0.15) is 0 Å². The van der Waals surface area contributed by atoms with Gasteiger partial charge in [-0.3, -0.25) is 4.79 Å². The van der Waals surface area contributed by atoms with Crippen LogP contribution in [-0.2, 0) is 9.53 Å². The molecule has 3 nitrogen and oxygen atoms in total. The predicted octanol–water partition coefficient (Wildman–Crippen LogP) is 1.57. The molecule has 1 N–H and O–H groups in total. The Hall–Kier alpha value is -0.710. The highest BCUT2D eigenvalue weighted by Gasteiger charge is 2.64. The molecule has 0 aromatic heterocycles. The Morgan fingerprint density at radius 2 is 1.88 bits per heavy atom. The molecular weight excluding hydrogens is 216 g/mol. The van der Waals surface area contributed by atoms with Gasteiger partial charge in [-0.15, -0.1) is 0 Å². The van der Waals surface area contributed by atoms with Crippen molar-refractivity contribution < 1.29 is 18.3 Å². The summed E-state index contributed by atoms with van der Waals surface area (Å²) in [6.45, 7) is 1.60. The Bertz CT molecular complexity index is 280. The van der Waals surface area contributed by atoms with Crippen molar-refractivity contribution in [2.75, 3.05) is 20.2 Å². The number of carbonyl (C=O) groups is 1. The van der Waals surface area contributed by atoms with Crippen LogP contribution in [0.1, 0.15) is 25.7 Å². The van der Waals surface area contributed by atoms with Gasteiger partial charge in [0.2, 0.25) is 5.92 Å². The molecule has 1 saturated carbocycles. The second-order valence-electron chi connectivity index (χ2n) is 4.88. The molecule has 2 fully saturated rings. The number of alkyl halides is 2. The number of carbonyl (C=O) groups excluding carboxylic acids is 1. The maximum atomic E-state index is 13.1. The van der Waals surface area contributed by atoms with Crippen LogP contribution in [0.3, 0.4) is 0 Å². The fourth-order valence-corrected chi connectivity index (χ4v) is 3.05. The summed E-state index contributed by atoms with van der Waals surface area (Å²) in [4.78, 5) is 11.7. The maximum absolute atomic E-state index is 13.1. The van der Waals surface area contributed by atoms with Gasteiger partial charge in [0.05, 0.1) is 12.5 Å². The van der Waals surface area contributed by atoms with Crippen molar-refractivity contribution in [3.63, 3.8) is 0 Å². The Morgan fingerprint density at radius 3 is 2.31 bits per heavy atom. The summed E-state index contributed by atoms with van der Waals surface area (Å²) in [5.41, 5.74) is -0.916. The third kappa shape index (κ3) is 1.81. The topological polar surface area (TPSA) is 38.3 Å². The van der Waals surface area contributed by atoms with Crippen molar-refractivity contribution >= 4 is 5.97 Å². The molecule has 16 heavy (non-hydrogen) atoms. The summed E-state index contributed by atoms with van der Waals surface area (Å²) in [6, 6.07) is 0. The minimum Gasteiger partial charge on any atom is -0.469 e.